The van der Waals surface area contributed by atoms with Crippen LogP contribution in [-0.2, 0) is 14.3 Å². The first-order valence-electron chi connectivity index (χ1n) is 12.5. The van der Waals surface area contributed by atoms with Gasteiger partial charge in [-0.25, -0.2) is 0 Å². The van der Waals surface area contributed by atoms with Gasteiger partial charge in [0.2, 0.25) is 0 Å². The van der Waals surface area contributed by atoms with Crippen molar-refractivity contribution < 1.29 is 19.4 Å². The Hall–Kier alpha value is -1.06. The zero-order chi connectivity index (χ0) is 21.6. The summed E-state index contributed by atoms with van der Waals surface area (Å²) in [5, 5.41) is 9.08. The van der Waals surface area contributed by atoms with E-state index in [9.17, 15) is 9.59 Å². The molecule has 0 aliphatic heterocycles. The van der Waals surface area contributed by atoms with E-state index in [2.05, 4.69) is 13.8 Å². The molecule has 4 nitrogen and oxygen atoms in total. The van der Waals surface area contributed by atoms with E-state index in [4.69, 9.17) is 9.84 Å². The van der Waals surface area contributed by atoms with Crippen molar-refractivity contribution >= 4 is 11.9 Å². The lowest BCUT2D eigenvalue weighted by atomic mass is 10.0. The normalized spacial score (nSPS) is 12.1. The number of hydrogen-bond donors (Lipinski definition) is 1. The number of carboxylic acids is 1. The highest BCUT2D eigenvalue weighted by molar-refractivity contribution is 5.71. The molecule has 0 radical (unpaired) electrons. The van der Waals surface area contributed by atoms with Crippen LogP contribution in [0.15, 0.2) is 0 Å². The quantitative estimate of drug-likeness (QED) is 0.145. The first kappa shape index (κ1) is 27.9. The van der Waals surface area contributed by atoms with Gasteiger partial charge in [-0.15, -0.1) is 0 Å². The number of carbonyl (C=O) groups is 2. The van der Waals surface area contributed by atoms with Gasteiger partial charge in [-0.2, -0.15) is 0 Å². The predicted molar refractivity (Wildman–Crippen MR) is 121 cm³/mol. The zero-order valence-electron chi connectivity index (χ0n) is 19.4. The number of rotatable bonds is 22. The summed E-state index contributed by atoms with van der Waals surface area (Å²) in [6.45, 7) is 4.45. The fourth-order valence-corrected chi connectivity index (χ4v) is 3.73. The smallest absolute Gasteiger partial charge is 0.307 e. The Kier molecular flexibility index (Phi) is 20.9. The van der Waals surface area contributed by atoms with E-state index in [0.29, 0.717) is 12.8 Å². The van der Waals surface area contributed by atoms with Crippen LogP contribution < -0.4 is 0 Å². The lowest BCUT2D eigenvalue weighted by molar-refractivity contribution is -0.153. The van der Waals surface area contributed by atoms with E-state index < -0.39 is 12.1 Å². The van der Waals surface area contributed by atoms with Gasteiger partial charge in [0.05, 0.1) is 6.42 Å². The molecule has 0 aliphatic rings. The third-order valence-corrected chi connectivity index (χ3v) is 5.56. The maximum absolute atomic E-state index is 12.1. The fraction of sp³-hybridized carbons (Fsp3) is 0.920. The summed E-state index contributed by atoms with van der Waals surface area (Å²) in [4.78, 5) is 23.1. The Morgan fingerprint density at radius 3 is 1.52 bits per heavy atom. The van der Waals surface area contributed by atoms with Crippen molar-refractivity contribution in [3.63, 3.8) is 0 Å². The molecule has 0 spiro atoms. The van der Waals surface area contributed by atoms with E-state index in [-0.39, 0.29) is 12.4 Å². The van der Waals surface area contributed by atoms with Crippen LogP contribution in [-0.4, -0.2) is 23.1 Å². The van der Waals surface area contributed by atoms with Crippen molar-refractivity contribution in [2.24, 2.45) is 0 Å². The van der Waals surface area contributed by atoms with Gasteiger partial charge >= 0.3 is 11.9 Å². The van der Waals surface area contributed by atoms with Crippen molar-refractivity contribution in [1.82, 2.24) is 0 Å². The Balaban J connectivity index is 3.77. The highest BCUT2D eigenvalue weighted by Crippen LogP contribution is 2.16. The summed E-state index contributed by atoms with van der Waals surface area (Å²) < 4.78 is 5.47. The molecule has 0 bridgehead atoms. The summed E-state index contributed by atoms with van der Waals surface area (Å²) in [7, 11) is 0. The lowest BCUT2D eigenvalue weighted by Crippen LogP contribution is -2.21. The van der Waals surface area contributed by atoms with Crippen molar-refractivity contribution in [2.75, 3.05) is 0 Å². The second kappa shape index (κ2) is 21.6. The van der Waals surface area contributed by atoms with Gasteiger partial charge in [0, 0.05) is 6.42 Å². The number of carbonyl (C=O) groups excluding carboxylic acids is 1. The summed E-state index contributed by atoms with van der Waals surface area (Å²) in [5.41, 5.74) is 0. The number of aliphatic carboxylic acids is 1. The molecule has 0 amide bonds. The summed E-state index contributed by atoms with van der Waals surface area (Å²) in [6.07, 6.45) is 21.1. The molecule has 0 rings (SSSR count). The van der Waals surface area contributed by atoms with Crippen molar-refractivity contribution in [3.8, 4) is 0 Å². The van der Waals surface area contributed by atoms with Gasteiger partial charge in [-0.05, 0) is 19.3 Å². The van der Waals surface area contributed by atoms with Crippen LogP contribution >= 0.6 is 0 Å². The topological polar surface area (TPSA) is 63.6 Å². The molecule has 1 N–H and O–H groups in total. The largest absolute Gasteiger partial charge is 0.481 e. The maximum atomic E-state index is 12.1. The van der Waals surface area contributed by atoms with Crippen LogP contribution in [0, 0.1) is 0 Å². The molecular formula is C25H48O4. The predicted octanol–water partition coefficient (Wildman–Crippen LogP) is 7.82. The number of hydrogen-bond acceptors (Lipinski definition) is 3. The molecule has 0 fully saturated rings. The maximum Gasteiger partial charge on any atom is 0.307 e. The summed E-state index contributed by atoms with van der Waals surface area (Å²) in [5.74, 6) is -1.11. The third kappa shape index (κ3) is 21.5. The lowest BCUT2D eigenvalue weighted by Gasteiger charge is -2.16. The molecule has 0 saturated carbocycles. The zero-order valence-corrected chi connectivity index (χ0v) is 19.4. The number of unbranched alkanes of at least 4 members (excludes halogenated alkanes) is 15. The molecule has 0 aromatic rings. The minimum Gasteiger partial charge on any atom is -0.481 e. The van der Waals surface area contributed by atoms with Gasteiger partial charge in [0.25, 0.3) is 0 Å². The number of ether oxygens (including phenoxy) is 1. The van der Waals surface area contributed by atoms with Gasteiger partial charge < -0.3 is 9.84 Å². The van der Waals surface area contributed by atoms with E-state index in [1.165, 1.54) is 83.5 Å². The molecule has 0 aliphatic carbocycles. The van der Waals surface area contributed by atoms with E-state index in [1.807, 2.05) is 0 Å². The molecular weight excluding hydrogens is 364 g/mol. The minimum atomic E-state index is -0.884. The van der Waals surface area contributed by atoms with E-state index in [1.54, 1.807) is 0 Å². The van der Waals surface area contributed by atoms with Crippen LogP contribution in [0.5, 0.6) is 0 Å². The van der Waals surface area contributed by atoms with Crippen molar-refractivity contribution in [3.05, 3.63) is 0 Å². The molecule has 0 unspecified atom stereocenters. The minimum absolute atomic E-state index is 0.0693. The SMILES string of the molecule is CCCCCCCCCCC[C@H](CC(=O)O)OC(=O)CCCCCCCCCC. The number of carboxylic acid groups (broad SMARTS) is 1. The molecule has 172 valence electrons. The molecule has 4 heteroatoms. The second-order valence-corrected chi connectivity index (χ2v) is 8.55. The molecule has 0 aromatic heterocycles. The second-order valence-electron chi connectivity index (χ2n) is 8.55. The van der Waals surface area contributed by atoms with Crippen LogP contribution in [0.2, 0.25) is 0 Å². The molecule has 0 aromatic carbocycles. The molecule has 29 heavy (non-hydrogen) atoms. The van der Waals surface area contributed by atoms with Crippen molar-refractivity contribution in [1.29, 1.82) is 0 Å². The van der Waals surface area contributed by atoms with Gasteiger partial charge in [-0.1, -0.05) is 110 Å². The third-order valence-electron chi connectivity index (χ3n) is 5.56. The molecule has 0 saturated heterocycles. The van der Waals surface area contributed by atoms with Gasteiger partial charge in [-0.3, -0.25) is 9.59 Å². The monoisotopic (exact) mass is 412 g/mol. The fourth-order valence-electron chi connectivity index (χ4n) is 3.73. The highest BCUT2D eigenvalue weighted by Gasteiger charge is 2.17. The van der Waals surface area contributed by atoms with Gasteiger partial charge in [0.15, 0.2) is 0 Å². The van der Waals surface area contributed by atoms with E-state index >= 15 is 0 Å². The molecule has 0 heterocycles. The Morgan fingerprint density at radius 1 is 0.655 bits per heavy atom. The Labute approximate surface area is 180 Å². The number of esters is 1. The first-order chi connectivity index (χ1) is 14.1. The summed E-state index contributed by atoms with van der Waals surface area (Å²) in [6, 6.07) is 0. The van der Waals surface area contributed by atoms with Crippen LogP contribution in [0.25, 0.3) is 0 Å². The van der Waals surface area contributed by atoms with Crippen LogP contribution in [0.3, 0.4) is 0 Å². The Bertz CT molecular complexity index is 381. The first-order valence-corrected chi connectivity index (χ1v) is 12.5. The molecule has 1 atom stereocenters. The Morgan fingerprint density at radius 2 is 1.07 bits per heavy atom. The van der Waals surface area contributed by atoms with Crippen molar-refractivity contribution in [2.45, 2.75) is 148 Å². The average Bonchev–Trinajstić information content (AvgIpc) is 2.68. The highest BCUT2D eigenvalue weighted by atomic mass is 16.5. The standard InChI is InChI=1S/C25H48O4/c1-3-5-7-9-11-13-14-16-18-20-23(22-24(26)27)29-25(28)21-19-17-15-12-10-8-6-4-2/h23H,3-22H2,1-2H3,(H,26,27)/t23-/m1/s1. The van der Waals surface area contributed by atoms with Crippen LogP contribution in [0.4, 0.5) is 0 Å². The summed E-state index contributed by atoms with van der Waals surface area (Å²) >= 11 is 0. The van der Waals surface area contributed by atoms with E-state index in [0.717, 1.165) is 25.7 Å². The average molecular weight is 413 g/mol. The van der Waals surface area contributed by atoms with Crippen LogP contribution in [0.1, 0.15) is 142 Å². The van der Waals surface area contributed by atoms with Gasteiger partial charge in [0.1, 0.15) is 6.10 Å².